The largest absolute Gasteiger partial charge is 0.513 e. The topological polar surface area (TPSA) is 71.1 Å². The van der Waals surface area contributed by atoms with Crippen molar-refractivity contribution in [2.75, 3.05) is 13.2 Å². The molecule has 0 aromatic heterocycles. The molecule has 0 amide bonds. The SMILES string of the molecule is CCCCOC(=O)Oc1c2ccccc2c(OC(=O)OCCCC)c2c(F)cccc12. The van der Waals surface area contributed by atoms with Crippen LogP contribution in [0.4, 0.5) is 14.0 Å². The highest BCUT2D eigenvalue weighted by atomic mass is 19.1. The zero-order chi connectivity index (χ0) is 22.2. The van der Waals surface area contributed by atoms with Crippen molar-refractivity contribution in [2.45, 2.75) is 39.5 Å². The standard InChI is InChI=1S/C24H25FO6/c1-3-5-14-28-23(26)30-21-16-10-7-8-11-17(16)22(31-24(27)29-15-6-4-2)20-18(21)12-9-13-19(20)25/h7-13H,3-6,14-15H2,1-2H3. The van der Waals surface area contributed by atoms with Crippen LogP contribution in [-0.2, 0) is 9.47 Å². The van der Waals surface area contributed by atoms with Crippen molar-refractivity contribution < 1.29 is 32.9 Å². The summed E-state index contributed by atoms with van der Waals surface area (Å²) in [5, 5.41) is 1.18. The van der Waals surface area contributed by atoms with Gasteiger partial charge in [0.15, 0.2) is 11.5 Å². The predicted octanol–water partition coefficient (Wildman–Crippen LogP) is 6.76. The van der Waals surface area contributed by atoms with Gasteiger partial charge in [-0.2, -0.15) is 0 Å². The molecule has 0 unspecified atom stereocenters. The molecule has 31 heavy (non-hydrogen) atoms. The van der Waals surface area contributed by atoms with Crippen molar-refractivity contribution in [1.29, 1.82) is 0 Å². The lowest BCUT2D eigenvalue weighted by Crippen LogP contribution is -2.14. The molecular formula is C24H25FO6. The van der Waals surface area contributed by atoms with Gasteiger partial charge in [-0.1, -0.05) is 63.1 Å². The maximum absolute atomic E-state index is 14.9. The second-order valence-electron chi connectivity index (χ2n) is 6.97. The molecule has 0 aliphatic rings. The van der Waals surface area contributed by atoms with Crippen LogP contribution in [-0.4, -0.2) is 25.5 Å². The number of carbonyl (C=O) groups is 2. The molecule has 164 valence electrons. The van der Waals surface area contributed by atoms with E-state index in [-0.39, 0.29) is 35.5 Å². The van der Waals surface area contributed by atoms with Gasteiger partial charge in [0.05, 0.1) is 18.6 Å². The molecule has 7 heteroatoms. The average molecular weight is 428 g/mol. The monoisotopic (exact) mass is 428 g/mol. The molecule has 0 fully saturated rings. The van der Waals surface area contributed by atoms with Crippen LogP contribution in [0.15, 0.2) is 42.5 Å². The first kappa shape index (κ1) is 22.3. The molecular weight excluding hydrogens is 403 g/mol. The molecule has 0 saturated carbocycles. The lowest BCUT2D eigenvalue weighted by molar-refractivity contribution is 0.0970. The first-order valence-electron chi connectivity index (χ1n) is 10.4. The van der Waals surface area contributed by atoms with Crippen LogP contribution in [0, 0.1) is 5.82 Å². The highest BCUT2D eigenvalue weighted by Crippen LogP contribution is 2.44. The Morgan fingerprint density at radius 2 is 1.26 bits per heavy atom. The summed E-state index contributed by atoms with van der Waals surface area (Å²) in [5.41, 5.74) is 0. The van der Waals surface area contributed by atoms with E-state index in [0.717, 1.165) is 12.8 Å². The van der Waals surface area contributed by atoms with E-state index in [1.807, 2.05) is 13.8 Å². The molecule has 3 aromatic rings. The highest BCUT2D eigenvalue weighted by molar-refractivity contribution is 6.12. The first-order chi connectivity index (χ1) is 15.1. The van der Waals surface area contributed by atoms with E-state index in [2.05, 4.69) is 0 Å². The molecule has 0 radical (unpaired) electrons. The Morgan fingerprint density at radius 3 is 1.84 bits per heavy atom. The summed E-state index contributed by atoms with van der Waals surface area (Å²) in [6.07, 6.45) is 1.32. The van der Waals surface area contributed by atoms with E-state index in [4.69, 9.17) is 18.9 Å². The molecule has 3 rings (SSSR count). The van der Waals surface area contributed by atoms with E-state index in [1.165, 1.54) is 12.1 Å². The zero-order valence-electron chi connectivity index (χ0n) is 17.6. The fraction of sp³-hybridized carbons (Fsp3) is 0.333. The zero-order valence-corrected chi connectivity index (χ0v) is 17.6. The Balaban J connectivity index is 2.08. The number of unbranched alkanes of at least 4 members (excludes halogenated alkanes) is 2. The maximum Gasteiger partial charge on any atom is 0.513 e. The van der Waals surface area contributed by atoms with Gasteiger partial charge < -0.3 is 18.9 Å². The van der Waals surface area contributed by atoms with Gasteiger partial charge in [-0.25, -0.2) is 14.0 Å². The third kappa shape index (κ3) is 5.23. The van der Waals surface area contributed by atoms with Gasteiger partial charge >= 0.3 is 12.3 Å². The molecule has 0 aliphatic carbocycles. The molecule has 0 saturated heterocycles. The third-order valence-electron chi connectivity index (χ3n) is 4.71. The maximum atomic E-state index is 14.9. The summed E-state index contributed by atoms with van der Waals surface area (Å²) < 4.78 is 36.0. The van der Waals surface area contributed by atoms with Crippen molar-refractivity contribution in [3.63, 3.8) is 0 Å². The lowest BCUT2D eigenvalue weighted by atomic mass is 10.00. The van der Waals surface area contributed by atoms with Gasteiger partial charge in [0, 0.05) is 16.2 Å². The van der Waals surface area contributed by atoms with Gasteiger partial charge in [0.2, 0.25) is 0 Å². The summed E-state index contributed by atoms with van der Waals surface area (Å²) in [6, 6.07) is 11.1. The van der Waals surface area contributed by atoms with Crippen molar-refractivity contribution in [3.05, 3.63) is 48.3 Å². The number of halogens is 1. The van der Waals surface area contributed by atoms with Crippen LogP contribution in [0.1, 0.15) is 39.5 Å². The average Bonchev–Trinajstić information content (AvgIpc) is 2.76. The highest BCUT2D eigenvalue weighted by Gasteiger charge is 2.23. The van der Waals surface area contributed by atoms with E-state index in [9.17, 15) is 14.0 Å². The molecule has 0 heterocycles. The molecule has 0 bridgehead atoms. The quantitative estimate of drug-likeness (QED) is 0.171. The molecule has 0 aliphatic heterocycles. The smallest absolute Gasteiger partial charge is 0.434 e. The Hall–Kier alpha value is -3.35. The Bertz CT molecular complexity index is 1080. The lowest BCUT2D eigenvalue weighted by Gasteiger charge is -2.16. The number of carbonyl (C=O) groups excluding carboxylic acids is 2. The predicted molar refractivity (Wildman–Crippen MR) is 115 cm³/mol. The summed E-state index contributed by atoms with van der Waals surface area (Å²) in [7, 11) is 0. The van der Waals surface area contributed by atoms with E-state index < -0.39 is 18.1 Å². The van der Waals surface area contributed by atoms with Gasteiger partial charge in [-0.3, -0.25) is 0 Å². The van der Waals surface area contributed by atoms with Gasteiger partial charge in [-0.05, 0) is 18.9 Å². The Morgan fingerprint density at radius 1 is 0.742 bits per heavy atom. The van der Waals surface area contributed by atoms with Crippen molar-refractivity contribution in [1.82, 2.24) is 0 Å². The summed E-state index contributed by atoms with van der Waals surface area (Å²) in [5.74, 6) is -0.473. The van der Waals surface area contributed by atoms with E-state index >= 15 is 0 Å². The number of benzene rings is 3. The normalized spacial score (nSPS) is 10.8. The molecule has 0 N–H and O–H groups in total. The summed E-state index contributed by atoms with van der Waals surface area (Å²) in [6.45, 7) is 4.38. The number of hydrogen-bond donors (Lipinski definition) is 0. The van der Waals surface area contributed by atoms with Crippen LogP contribution in [0.2, 0.25) is 0 Å². The summed E-state index contributed by atoms with van der Waals surface area (Å²) >= 11 is 0. The van der Waals surface area contributed by atoms with Crippen LogP contribution in [0.3, 0.4) is 0 Å². The third-order valence-corrected chi connectivity index (χ3v) is 4.71. The minimum Gasteiger partial charge on any atom is -0.434 e. The Labute approximate surface area is 179 Å². The van der Waals surface area contributed by atoms with Crippen LogP contribution in [0.25, 0.3) is 21.5 Å². The Kier molecular flexibility index (Phi) is 7.65. The van der Waals surface area contributed by atoms with E-state index in [0.29, 0.717) is 23.6 Å². The van der Waals surface area contributed by atoms with Crippen LogP contribution < -0.4 is 9.47 Å². The molecule has 3 aromatic carbocycles. The van der Waals surface area contributed by atoms with Gasteiger partial charge in [-0.15, -0.1) is 0 Å². The first-order valence-corrected chi connectivity index (χ1v) is 10.4. The minimum absolute atomic E-state index is 0.0110. The minimum atomic E-state index is -0.921. The van der Waals surface area contributed by atoms with Crippen LogP contribution >= 0.6 is 0 Å². The number of rotatable bonds is 8. The molecule has 0 spiro atoms. The molecule has 6 nitrogen and oxygen atoms in total. The number of hydrogen-bond acceptors (Lipinski definition) is 6. The summed E-state index contributed by atoms with van der Waals surface area (Å²) in [4.78, 5) is 24.4. The second kappa shape index (κ2) is 10.6. The van der Waals surface area contributed by atoms with Gasteiger partial charge in [0.25, 0.3) is 0 Å². The fourth-order valence-electron chi connectivity index (χ4n) is 3.14. The number of ether oxygens (including phenoxy) is 4. The number of fused-ring (bicyclic) bond motifs is 2. The molecule has 0 atom stereocenters. The van der Waals surface area contributed by atoms with Gasteiger partial charge in [0.1, 0.15) is 5.82 Å². The van der Waals surface area contributed by atoms with Crippen molar-refractivity contribution in [3.8, 4) is 11.5 Å². The second-order valence-corrected chi connectivity index (χ2v) is 6.97. The fourth-order valence-corrected chi connectivity index (χ4v) is 3.14. The van der Waals surface area contributed by atoms with E-state index in [1.54, 1.807) is 30.3 Å². The van der Waals surface area contributed by atoms with Crippen molar-refractivity contribution in [2.24, 2.45) is 0 Å². The van der Waals surface area contributed by atoms with Crippen LogP contribution in [0.5, 0.6) is 11.5 Å². The van der Waals surface area contributed by atoms with Crippen molar-refractivity contribution >= 4 is 33.9 Å².